The van der Waals surface area contributed by atoms with Gasteiger partial charge in [-0.2, -0.15) is 4.31 Å². The average Bonchev–Trinajstić information content (AvgIpc) is 2.62. The fourth-order valence-corrected chi connectivity index (χ4v) is 4.59. The SMILES string of the molecule is CCCCNC(=O)C1CCCN(S(=O)(=O)c2cc(F)ccc2OC)C1. The molecule has 1 saturated heterocycles. The van der Waals surface area contributed by atoms with E-state index in [0.29, 0.717) is 25.9 Å². The number of carbonyl (C=O) groups excluding carboxylic acids is 1. The van der Waals surface area contributed by atoms with Gasteiger partial charge in [0, 0.05) is 19.6 Å². The molecule has 0 spiro atoms. The van der Waals surface area contributed by atoms with Crippen LogP contribution in [0, 0.1) is 11.7 Å². The van der Waals surface area contributed by atoms with Crippen molar-refractivity contribution in [3.05, 3.63) is 24.0 Å². The normalized spacial score (nSPS) is 18.8. The summed E-state index contributed by atoms with van der Waals surface area (Å²) in [5.41, 5.74) is 0. The maximum absolute atomic E-state index is 13.6. The van der Waals surface area contributed by atoms with Crippen molar-refractivity contribution in [2.24, 2.45) is 5.92 Å². The molecule has 25 heavy (non-hydrogen) atoms. The van der Waals surface area contributed by atoms with Gasteiger partial charge in [0.15, 0.2) is 0 Å². The van der Waals surface area contributed by atoms with Crippen molar-refractivity contribution < 1.29 is 22.3 Å². The maximum Gasteiger partial charge on any atom is 0.246 e. The second kappa shape index (κ2) is 8.62. The molecule has 6 nitrogen and oxygen atoms in total. The van der Waals surface area contributed by atoms with Gasteiger partial charge in [-0.1, -0.05) is 13.3 Å². The van der Waals surface area contributed by atoms with E-state index in [-0.39, 0.29) is 29.0 Å². The Labute approximate surface area is 148 Å². The van der Waals surface area contributed by atoms with Gasteiger partial charge in [-0.05, 0) is 37.5 Å². The highest BCUT2D eigenvalue weighted by atomic mass is 32.2. The van der Waals surface area contributed by atoms with E-state index in [9.17, 15) is 17.6 Å². The second-order valence-electron chi connectivity index (χ2n) is 6.14. The van der Waals surface area contributed by atoms with Gasteiger partial charge in [0.1, 0.15) is 16.5 Å². The van der Waals surface area contributed by atoms with Gasteiger partial charge in [-0.25, -0.2) is 12.8 Å². The summed E-state index contributed by atoms with van der Waals surface area (Å²) in [6, 6.07) is 3.40. The first-order valence-corrected chi connectivity index (χ1v) is 9.95. The molecule has 1 N–H and O–H groups in total. The van der Waals surface area contributed by atoms with E-state index in [1.807, 2.05) is 6.92 Å². The van der Waals surface area contributed by atoms with Crippen LogP contribution in [0.2, 0.25) is 0 Å². The molecule has 1 aromatic rings. The Morgan fingerprint density at radius 2 is 2.20 bits per heavy atom. The van der Waals surface area contributed by atoms with Gasteiger partial charge in [0.05, 0.1) is 13.0 Å². The van der Waals surface area contributed by atoms with Crippen LogP contribution in [0.4, 0.5) is 4.39 Å². The summed E-state index contributed by atoms with van der Waals surface area (Å²) < 4.78 is 45.7. The molecule has 0 aliphatic carbocycles. The van der Waals surface area contributed by atoms with Crippen molar-refractivity contribution in [1.82, 2.24) is 9.62 Å². The van der Waals surface area contributed by atoms with Gasteiger partial charge in [-0.15, -0.1) is 0 Å². The van der Waals surface area contributed by atoms with Crippen LogP contribution in [-0.2, 0) is 14.8 Å². The Balaban J connectivity index is 2.17. The zero-order valence-electron chi connectivity index (χ0n) is 14.6. The molecule has 1 atom stereocenters. The number of ether oxygens (including phenoxy) is 1. The third-order valence-corrected chi connectivity index (χ3v) is 6.21. The van der Waals surface area contributed by atoms with Crippen molar-refractivity contribution in [3.8, 4) is 5.75 Å². The Kier molecular flexibility index (Phi) is 6.78. The molecule has 1 fully saturated rings. The monoisotopic (exact) mass is 372 g/mol. The number of amides is 1. The molecular weight excluding hydrogens is 347 g/mol. The highest BCUT2D eigenvalue weighted by Crippen LogP contribution is 2.30. The summed E-state index contributed by atoms with van der Waals surface area (Å²) in [7, 11) is -2.59. The molecule has 140 valence electrons. The average molecular weight is 372 g/mol. The van der Waals surface area contributed by atoms with Gasteiger partial charge >= 0.3 is 0 Å². The molecule has 1 unspecified atom stereocenters. The fraction of sp³-hybridized carbons (Fsp3) is 0.588. The number of halogens is 1. The summed E-state index contributed by atoms with van der Waals surface area (Å²) in [4.78, 5) is 12.0. The minimum absolute atomic E-state index is 0.0934. The van der Waals surface area contributed by atoms with Crippen LogP contribution >= 0.6 is 0 Å². The fourth-order valence-electron chi connectivity index (χ4n) is 2.90. The molecule has 0 aromatic heterocycles. The lowest BCUT2D eigenvalue weighted by Crippen LogP contribution is -2.45. The van der Waals surface area contributed by atoms with Crippen LogP contribution in [0.25, 0.3) is 0 Å². The number of hydrogen-bond donors (Lipinski definition) is 1. The third kappa shape index (κ3) is 4.70. The highest BCUT2D eigenvalue weighted by Gasteiger charge is 2.34. The molecular formula is C17H25FN2O4S. The zero-order valence-corrected chi connectivity index (χ0v) is 15.4. The van der Waals surface area contributed by atoms with Crippen LogP contribution < -0.4 is 10.1 Å². The lowest BCUT2D eigenvalue weighted by atomic mass is 9.99. The van der Waals surface area contributed by atoms with E-state index in [1.54, 1.807) is 0 Å². The van der Waals surface area contributed by atoms with Crippen LogP contribution in [0.3, 0.4) is 0 Å². The lowest BCUT2D eigenvalue weighted by Gasteiger charge is -2.31. The van der Waals surface area contributed by atoms with Crippen molar-refractivity contribution in [1.29, 1.82) is 0 Å². The molecule has 1 aliphatic rings. The molecule has 0 saturated carbocycles. The van der Waals surface area contributed by atoms with Gasteiger partial charge in [0.25, 0.3) is 0 Å². The lowest BCUT2D eigenvalue weighted by molar-refractivity contribution is -0.126. The van der Waals surface area contributed by atoms with Crippen molar-refractivity contribution in [2.45, 2.75) is 37.5 Å². The molecule has 1 aromatic carbocycles. The number of piperidine rings is 1. The van der Waals surface area contributed by atoms with E-state index in [2.05, 4.69) is 5.32 Å². The predicted molar refractivity (Wildman–Crippen MR) is 92.4 cm³/mol. The van der Waals surface area contributed by atoms with E-state index < -0.39 is 15.8 Å². The Bertz CT molecular complexity index is 709. The Morgan fingerprint density at radius 1 is 1.44 bits per heavy atom. The Hall–Kier alpha value is -1.67. The van der Waals surface area contributed by atoms with Gasteiger partial charge < -0.3 is 10.1 Å². The summed E-state index contributed by atoms with van der Waals surface area (Å²) in [5, 5.41) is 2.85. The summed E-state index contributed by atoms with van der Waals surface area (Å²) in [6.45, 7) is 3.03. The number of rotatable bonds is 7. The molecule has 1 amide bonds. The number of unbranched alkanes of at least 4 members (excludes halogenated alkanes) is 1. The number of sulfonamides is 1. The van der Waals surface area contributed by atoms with Gasteiger partial charge in [-0.3, -0.25) is 4.79 Å². The van der Waals surface area contributed by atoms with Gasteiger partial charge in [0.2, 0.25) is 15.9 Å². The number of benzene rings is 1. The van der Waals surface area contributed by atoms with Crippen LogP contribution in [0.1, 0.15) is 32.6 Å². The molecule has 1 heterocycles. The first kappa shape index (κ1) is 19.7. The van der Waals surface area contributed by atoms with E-state index in [1.165, 1.54) is 17.5 Å². The first-order chi connectivity index (χ1) is 11.9. The summed E-state index contributed by atoms with van der Waals surface area (Å²) in [6.07, 6.45) is 3.10. The number of methoxy groups -OCH3 is 1. The first-order valence-electron chi connectivity index (χ1n) is 8.51. The topological polar surface area (TPSA) is 75.7 Å². The Morgan fingerprint density at radius 3 is 2.88 bits per heavy atom. The standard InChI is InChI=1S/C17H25FN2O4S/c1-3-4-9-19-17(21)13-6-5-10-20(12-13)25(22,23)16-11-14(18)7-8-15(16)24-2/h7-8,11,13H,3-6,9-10,12H2,1-2H3,(H,19,21). The minimum atomic E-state index is -3.93. The van der Waals surface area contributed by atoms with E-state index in [0.717, 1.165) is 25.0 Å². The number of nitrogens with zero attached hydrogens (tertiary/aromatic N) is 1. The quantitative estimate of drug-likeness (QED) is 0.744. The van der Waals surface area contributed by atoms with Crippen LogP contribution in [0.15, 0.2) is 23.1 Å². The number of nitrogens with one attached hydrogen (secondary N) is 1. The van der Waals surface area contributed by atoms with Crippen molar-refractivity contribution >= 4 is 15.9 Å². The van der Waals surface area contributed by atoms with Crippen LogP contribution in [-0.4, -0.2) is 45.4 Å². The molecule has 0 radical (unpaired) electrons. The third-order valence-electron chi connectivity index (χ3n) is 4.33. The zero-order chi connectivity index (χ0) is 18.4. The largest absolute Gasteiger partial charge is 0.495 e. The van der Waals surface area contributed by atoms with Crippen molar-refractivity contribution in [2.75, 3.05) is 26.7 Å². The van der Waals surface area contributed by atoms with E-state index in [4.69, 9.17) is 4.74 Å². The molecule has 1 aliphatic heterocycles. The number of hydrogen-bond acceptors (Lipinski definition) is 4. The summed E-state index contributed by atoms with van der Waals surface area (Å²) >= 11 is 0. The minimum Gasteiger partial charge on any atom is -0.495 e. The molecule has 0 bridgehead atoms. The number of carbonyl (C=O) groups is 1. The molecule has 2 rings (SSSR count). The maximum atomic E-state index is 13.6. The summed E-state index contributed by atoms with van der Waals surface area (Å²) in [5.74, 6) is -1.07. The second-order valence-corrected chi connectivity index (χ2v) is 8.05. The highest BCUT2D eigenvalue weighted by molar-refractivity contribution is 7.89. The smallest absolute Gasteiger partial charge is 0.246 e. The van der Waals surface area contributed by atoms with Crippen molar-refractivity contribution in [3.63, 3.8) is 0 Å². The van der Waals surface area contributed by atoms with E-state index >= 15 is 0 Å². The van der Waals surface area contributed by atoms with Crippen LogP contribution in [0.5, 0.6) is 5.75 Å². The molecule has 8 heteroatoms. The predicted octanol–water partition coefficient (Wildman–Crippen LogP) is 2.15.